The van der Waals surface area contributed by atoms with Gasteiger partial charge in [0.2, 0.25) is 5.95 Å². The smallest absolute Gasteiger partial charge is 0.336 e. The van der Waals surface area contributed by atoms with Crippen molar-refractivity contribution in [3.63, 3.8) is 0 Å². The van der Waals surface area contributed by atoms with Crippen molar-refractivity contribution in [2.75, 3.05) is 24.3 Å². The molecule has 0 aliphatic heterocycles. The number of esters is 1. The van der Waals surface area contributed by atoms with Gasteiger partial charge in [-0.2, -0.15) is 4.98 Å². The van der Waals surface area contributed by atoms with Crippen LogP contribution in [0.2, 0.25) is 0 Å². The molecule has 1 aromatic heterocycles. The molecule has 0 bridgehead atoms. The van der Waals surface area contributed by atoms with Crippen LogP contribution in [0.4, 0.5) is 11.8 Å². The Morgan fingerprint density at radius 1 is 1.45 bits per heavy atom. The molecule has 0 radical (unpaired) electrons. The molecule has 2 rings (SSSR count). The highest BCUT2D eigenvalue weighted by atomic mass is 16.5. The number of aromatic nitrogens is 2. The third-order valence-corrected chi connectivity index (χ3v) is 3.29. The molecule has 1 atom stereocenters. The number of nitrogens with zero attached hydrogens (tertiary/aromatic N) is 2. The lowest BCUT2D eigenvalue weighted by Gasteiger charge is -2.21. The van der Waals surface area contributed by atoms with E-state index in [4.69, 9.17) is 15.6 Å². The van der Waals surface area contributed by atoms with E-state index in [0.29, 0.717) is 12.4 Å². The predicted octanol–water partition coefficient (Wildman–Crippen LogP) is 0.00580. The van der Waals surface area contributed by atoms with E-state index in [1.54, 1.807) is 6.92 Å². The fourth-order valence-electron chi connectivity index (χ4n) is 2.33. The summed E-state index contributed by atoms with van der Waals surface area (Å²) < 4.78 is 4.95. The first-order chi connectivity index (χ1) is 9.65. The van der Waals surface area contributed by atoms with Crippen LogP contribution in [0.25, 0.3) is 0 Å². The predicted molar refractivity (Wildman–Crippen MR) is 75.6 cm³/mol. The van der Waals surface area contributed by atoms with Gasteiger partial charge >= 0.3 is 5.97 Å². The third-order valence-electron chi connectivity index (χ3n) is 3.29. The molecule has 0 spiro atoms. The van der Waals surface area contributed by atoms with Crippen LogP contribution in [-0.4, -0.2) is 40.3 Å². The summed E-state index contributed by atoms with van der Waals surface area (Å²) in [4.78, 5) is 20.2. The second kappa shape index (κ2) is 6.51. The molecule has 7 nitrogen and oxygen atoms in total. The molecule has 20 heavy (non-hydrogen) atoms. The molecule has 1 unspecified atom stereocenters. The van der Waals surface area contributed by atoms with Crippen LogP contribution in [-0.2, 0) is 22.4 Å². The maximum absolute atomic E-state index is 11.8. The fraction of sp³-hybridized carbons (Fsp3) is 0.615. The van der Waals surface area contributed by atoms with Gasteiger partial charge in [0, 0.05) is 5.56 Å². The Balaban J connectivity index is 2.23. The van der Waals surface area contributed by atoms with Crippen LogP contribution in [0.1, 0.15) is 31.0 Å². The Morgan fingerprint density at radius 2 is 2.20 bits per heavy atom. The summed E-state index contributed by atoms with van der Waals surface area (Å²) in [6.07, 6.45) is 3.90. The average molecular weight is 281 g/mol. The normalized spacial score (nSPS) is 15.3. The zero-order valence-electron chi connectivity index (χ0n) is 11.6. The molecule has 7 heteroatoms. The Labute approximate surface area is 117 Å². The molecular formula is C13H21N4O3+. The second-order valence-corrected chi connectivity index (χ2v) is 4.72. The minimum absolute atomic E-state index is 0.114. The van der Waals surface area contributed by atoms with Crippen LogP contribution < -0.4 is 11.1 Å². The van der Waals surface area contributed by atoms with Crippen molar-refractivity contribution in [1.82, 2.24) is 9.97 Å². The largest absolute Gasteiger partial charge is 0.464 e. The van der Waals surface area contributed by atoms with Crippen molar-refractivity contribution in [1.29, 1.82) is 0 Å². The summed E-state index contributed by atoms with van der Waals surface area (Å²) in [5.41, 5.74) is 7.66. The van der Waals surface area contributed by atoms with E-state index >= 15 is 0 Å². The zero-order chi connectivity index (χ0) is 14.5. The number of ether oxygens (including phenoxy) is 1. The summed E-state index contributed by atoms with van der Waals surface area (Å²) in [5.74, 6) is 0.322. The van der Waals surface area contributed by atoms with Gasteiger partial charge in [-0.25, -0.2) is 9.78 Å². The van der Waals surface area contributed by atoms with Crippen LogP contribution in [0, 0.1) is 0 Å². The molecule has 1 aromatic rings. The van der Waals surface area contributed by atoms with Crippen LogP contribution in [0.15, 0.2) is 0 Å². The van der Waals surface area contributed by atoms with E-state index in [1.165, 1.54) is 0 Å². The molecule has 0 amide bonds. The van der Waals surface area contributed by atoms with Gasteiger partial charge in [-0.05, 0) is 32.6 Å². The van der Waals surface area contributed by atoms with Crippen molar-refractivity contribution < 1.29 is 14.6 Å². The maximum atomic E-state index is 11.8. The van der Waals surface area contributed by atoms with Gasteiger partial charge in [0.15, 0.2) is 12.6 Å². The summed E-state index contributed by atoms with van der Waals surface area (Å²) in [6, 6.07) is -0.727. The SMILES string of the molecule is CCOC(=O)C(C[OH2+])Nc1nc(N)nc2c1CCCC2. The lowest BCUT2D eigenvalue weighted by atomic mass is 9.96. The molecule has 0 saturated carbocycles. The van der Waals surface area contributed by atoms with Crippen LogP contribution >= 0.6 is 0 Å². The van der Waals surface area contributed by atoms with Gasteiger partial charge in [0.05, 0.1) is 12.3 Å². The number of fused-ring (bicyclic) bond motifs is 1. The van der Waals surface area contributed by atoms with E-state index < -0.39 is 12.0 Å². The van der Waals surface area contributed by atoms with E-state index in [2.05, 4.69) is 15.3 Å². The highest BCUT2D eigenvalue weighted by Crippen LogP contribution is 2.26. The number of nitrogen functional groups attached to an aromatic ring is 1. The van der Waals surface area contributed by atoms with E-state index in [0.717, 1.165) is 36.9 Å². The Hall–Kier alpha value is -1.89. The molecule has 0 saturated heterocycles. The number of rotatable bonds is 5. The van der Waals surface area contributed by atoms with Crippen LogP contribution in [0.5, 0.6) is 0 Å². The Kier molecular flexibility index (Phi) is 4.73. The van der Waals surface area contributed by atoms with E-state index in [9.17, 15) is 4.79 Å². The monoisotopic (exact) mass is 281 g/mol. The zero-order valence-corrected chi connectivity index (χ0v) is 11.6. The summed E-state index contributed by atoms with van der Waals surface area (Å²) in [5, 5.41) is 10.5. The molecule has 1 aliphatic carbocycles. The van der Waals surface area contributed by atoms with Crippen molar-refractivity contribution in [2.45, 2.75) is 38.6 Å². The lowest BCUT2D eigenvalue weighted by molar-refractivity contribution is -0.144. The number of carbonyl (C=O) groups is 1. The van der Waals surface area contributed by atoms with Gasteiger partial charge < -0.3 is 20.9 Å². The number of hydrogen-bond acceptors (Lipinski definition) is 6. The number of hydrogen-bond donors (Lipinski definition) is 2. The van der Waals surface area contributed by atoms with Crippen LogP contribution in [0.3, 0.4) is 0 Å². The molecule has 1 aliphatic rings. The van der Waals surface area contributed by atoms with Gasteiger partial charge in [-0.15, -0.1) is 0 Å². The molecule has 1 heterocycles. The molecular weight excluding hydrogens is 260 g/mol. The van der Waals surface area contributed by atoms with E-state index in [-0.39, 0.29) is 12.6 Å². The first-order valence-electron chi connectivity index (χ1n) is 6.88. The number of nitrogens with two attached hydrogens (primary N) is 1. The van der Waals surface area contributed by atoms with Gasteiger partial charge in [0.1, 0.15) is 5.82 Å². The molecule has 5 N–H and O–H groups in total. The van der Waals surface area contributed by atoms with Gasteiger partial charge in [0.25, 0.3) is 0 Å². The molecule has 0 fully saturated rings. The first-order valence-corrected chi connectivity index (χ1v) is 6.88. The minimum Gasteiger partial charge on any atom is -0.464 e. The number of aryl methyl sites for hydroxylation is 1. The lowest BCUT2D eigenvalue weighted by Crippen LogP contribution is -2.35. The second-order valence-electron chi connectivity index (χ2n) is 4.72. The Bertz CT molecular complexity index is 493. The quantitative estimate of drug-likeness (QED) is 0.580. The standard InChI is InChI=1S/C13H20N4O3/c1-2-20-12(19)10(7-18)15-11-8-5-3-4-6-9(8)16-13(14)17-11/h10,18H,2-7H2,1H3,(H3,14,15,16,17)/p+1. The third kappa shape index (κ3) is 3.16. The van der Waals surface area contributed by atoms with Gasteiger partial charge in [-0.3, -0.25) is 0 Å². The number of anilines is 2. The molecule has 110 valence electrons. The molecule has 0 aromatic carbocycles. The summed E-state index contributed by atoms with van der Waals surface area (Å²) in [6.45, 7) is 1.92. The fourth-order valence-corrected chi connectivity index (χ4v) is 2.33. The number of carbonyl (C=O) groups excluding carboxylic acids is 1. The topological polar surface area (TPSA) is 113 Å². The first kappa shape index (κ1) is 14.5. The van der Waals surface area contributed by atoms with Crippen molar-refractivity contribution >= 4 is 17.7 Å². The highest BCUT2D eigenvalue weighted by Gasteiger charge is 2.25. The Morgan fingerprint density at radius 3 is 2.90 bits per heavy atom. The van der Waals surface area contributed by atoms with E-state index in [1.807, 2.05) is 0 Å². The van der Waals surface area contributed by atoms with Crippen molar-refractivity contribution in [2.24, 2.45) is 0 Å². The average Bonchev–Trinajstić information content (AvgIpc) is 2.44. The van der Waals surface area contributed by atoms with Gasteiger partial charge in [-0.1, -0.05) is 0 Å². The number of nitrogens with one attached hydrogen (secondary N) is 1. The highest BCUT2D eigenvalue weighted by molar-refractivity contribution is 5.79. The maximum Gasteiger partial charge on any atom is 0.336 e. The van der Waals surface area contributed by atoms with Crippen molar-refractivity contribution in [3.05, 3.63) is 11.3 Å². The minimum atomic E-state index is -0.727. The summed E-state index contributed by atoms with van der Waals surface area (Å²) >= 11 is 0. The summed E-state index contributed by atoms with van der Waals surface area (Å²) in [7, 11) is 0. The van der Waals surface area contributed by atoms with Crippen molar-refractivity contribution in [3.8, 4) is 0 Å².